The molecule has 109 heavy (non-hydrogen) atoms. The lowest BCUT2D eigenvalue weighted by atomic mass is 9.89. The van der Waals surface area contributed by atoms with Crippen molar-refractivity contribution in [2.75, 3.05) is 56.0 Å². The summed E-state index contributed by atoms with van der Waals surface area (Å²) < 4.78 is 97.3. The van der Waals surface area contributed by atoms with Crippen molar-refractivity contribution < 1.29 is 93.4 Å². The fraction of sp³-hybridized carbons (Fsp3) is 0.600. The van der Waals surface area contributed by atoms with Crippen LogP contribution in [0.15, 0.2) is 66.1 Å². The van der Waals surface area contributed by atoms with Gasteiger partial charge in [0.15, 0.2) is 22.3 Å². The van der Waals surface area contributed by atoms with Crippen LogP contribution >= 0.6 is 33.6 Å². The number of nitrogen functional groups attached to an aromatic ring is 4. The molecule has 20 atom stereocenters. The van der Waals surface area contributed by atoms with Gasteiger partial charge in [-0.2, -0.15) is 19.9 Å². The summed E-state index contributed by atoms with van der Waals surface area (Å²) in [7, 11) is 0. The van der Waals surface area contributed by atoms with Crippen LogP contribution in [0.2, 0.25) is 0 Å². The van der Waals surface area contributed by atoms with Gasteiger partial charge in [-0.15, -0.1) is 0 Å². The average Bonchev–Trinajstić information content (AvgIpc) is 1.76. The van der Waals surface area contributed by atoms with E-state index in [4.69, 9.17) is 151 Å². The van der Waals surface area contributed by atoms with Crippen molar-refractivity contribution in [2.45, 2.75) is 166 Å². The van der Waals surface area contributed by atoms with E-state index >= 15 is 0 Å². The SMILES string of the molecule is Cc1cn([C@H]2CC(OP(O)(=S)OC[C@H]3O[C@@H](n4cnc5c(=O)[nH]c(N)nc54)CC3OP(O)(=S)OC[C@H]3O[C@@H](n4cc(C)c(=O)[nH]c4=O)CC3OP(O)(=S)OC[C@H]3O[C@@H](n4ccc(N)nc4=O)CC3C(C)C)[C@@H](COP(O)(=S)OC3C[C@H](n4cnc5c(=O)[nH]c(N)nc54)O[C@@H]3COP(O)(=S)OC(C)C)O2)c(=O)nc1N. The molecule has 7 aromatic rings. The number of imidazole rings is 2. The second kappa shape index (κ2) is 33.3. The second-order valence-electron chi connectivity index (χ2n) is 26.4. The van der Waals surface area contributed by atoms with Crippen molar-refractivity contribution in [2.24, 2.45) is 11.8 Å². The molecule has 0 saturated carbocycles. The molecule has 0 amide bonds. The molecular formula is C55H77N18O26P5S5. The molecule has 0 bridgehead atoms. The van der Waals surface area contributed by atoms with Gasteiger partial charge in [0.1, 0.15) is 67.2 Å². The minimum atomic E-state index is -4.62. The van der Waals surface area contributed by atoms with Crippen LogP contribution in [0.4, 0.5) is 23.5 Å². The molecule has 12 rings (SSSR count). The molecule has 5 aliphatic heterocycles. The second-order valence-corrected chi connectivity index (χ2v) is 40.3. The maximum absolute atomic E-state index is 13.4. The summed E-state index contributed by atoms with van der Waals surface area (Å²) in [6, 6.07) is 1.45. The fourth-order valence-electron chi connectivity index (χ4n) is 12.8. The van der Waals surface area contributed by atoms with Crippen LogP contribution < -0.4 is 56.7 Å². The third-order valence-electron chi connectivity index (χ3n) is 17.9. The highest BCUT2D eigenvalue weighted by atomic mass is 32.5. The summed E-state index contributed by atoms with van der Waals surface area (Å²) in [5, 5.41) is 0. The number of hydrogen-bond acceptors (Lipinski definition) is 36. The maximum atomic E-state index is 13.4. The van der Waals surface area contributed by atoms with Gasteiger partial charge >= 0.3 is 50.7 Å². The van der Waals surface area contributed by atoms with E-state index in [0.29, 0.717) is 12.0 Å². The Kier molecular flexibility index (Phi) is 25.4. The van der Waals surface area contributed by atoms with Crippen molar-refractivity contribution in [1.29, 1.82) is 0 Å². The Bertz CT molecular complexity index is 5210. The van der Waals surface area contributed by atoms with E-state index in [0.717, 1.165) is 9.13 Å². The van der Waals surface area contributed by atoms with Gasteiger partial charge in [-0.25, -0.2) is 24.4 Å². The first-order valence-corrected chi connectivity index (χ1v) is 46.1. The summed E-state index contributed by atoms with van der Waals surface area (Å²) in [5.74, 6) is -0.803. The number of nitrogens with one attached hydrogen (secondary N) is 3. The Labute approximate surface area is 640 Å². The highest BCUT2D eigenvalue weighted by Gasteiger charge is 2.49. The van der Waals surface area contributed by atoms with Gasteiger partial charge in [-0.05, 0) is 111 Å². The Morgan fingerprint density at radius 3 is 1.28 bits per heavy atom. The summed E-state index contributed by atoms with van der Waals surface area (Å²) >= 11 is 27.6. The predicted octanol–water partition coefficient (Wildman–Crippen LogP) is 1.10. The van der Waals surface area contributed by atoms with Crippen LogP contribution in [-0.4, -0.2) is 186 Å². The van der Waals surface area contributed by atoms with Crippen LogP contribution in [0.25, 0.3) is 22.3 Å². The number of aromatic nitrogens is 14. The molecule has 12 heterocycles. The van der Waals surface area contributed by atoms with Crippen molar-refractivity contribution >= 4 is 138 Å². The number of aromatic amines is 3. The zero-order valence-electron chi connectivity index (χ0n) is 58.2. The Morgan fingerprint density at radius 1 is 0.486 bits per heavy atom. The fourth-order valence-corrected chi connectivity index (χ4v) is 20.3. The van der Waals surface area contributed by atoms with Crippen LogP contribution in [0.5, 0.6) is 0 Å². The average molecular weight is 1720 g/mol. The van der Waals surface area contributed by atoms with E-state index in [1.807, 2.05) is 13.8 Å². The molecule has 0 aliphatic carbocycles. The third-order valence-corrected chi connectivity index (χ3v) is 26.0. The molecule has 5 saturated heterocycles. The summed E-state index contributed by atoms with van der Waals surface area (Å²) in [6.07, 6.45) is -11.4. The van der Waals surface area contributed by atoms with E-state index in [1.165, 1.54) is 57.9 Å². The topological polar surface area (TPSA) is 595 Å². The Morgan fingerprint density at radius 2 is 0.862 bits per heavy atom. The first-order valence-electron chi connectivity index (χ1n) is 33.2. The standard InChI is InChI=1S/C55H77N18O26P5S5/c1-23(2)27-9-38(69-8-7-37(56)62-53(69)77)90-32(27)16-85-101(81,106)96-29-11-40(71-15-26(6)48(74)68-55(71)79)92-34(29)19-88-104(84,109)99-31-13-42(73-22-61-44-47(73)65-52(59)67-50(44)76)94-36(31)20-89-102(82,107)97-28-10-39(70-14-25(5)45(57)63-54(70)78)91-33(28)18-87-103(83,108)98-30-12-41(93-35(30)17-86-100(80,105)95-24(3)4)72-21-60-43-46(72)64-51(58)66-49(43)75/h7-8,14-15,21-24,27-36,38-42H,9-13,16-20H2,1-6H3,(H,80,105)(H,81,106)(H,82,107)(H,83,108)(H,84,109)(H2,56,62,77)(H2,57,63,78)(H,68,74,79)(H3,58,64,66,75)(H3,59,65,67,76)/t27?,28?,29?,30?,31?,32-,33-,34-,35-,36-,38-,39-,40-,41-,42-,100?,101?,102?,103?,104?/m1/s1. The molecule has 0 spiro atoms. The molecule has 598 valence electrons. The molecular weight excluding hydrogens is 1640 g/mol. The van der Waals surface area contributed by atoms with E-state index in [1.54, 1.807) is 20.8 Å². The minimum Gasteiger partial charge on any atom is -0.383 e. The largest absolute Gasteiger partial charge is 0.383 e. The number of rotatable bonds is 31. The smallest absolute Gasteiger partial charge is 0.351 e. The van der Waals surface area contributed by atoms with Gasteiger partial charge < -0.3 is 116 Å². The van der Waals surface area contributed by atoms with Gasteiger partial charge in [0.2, 0.25) is 11.9 Å². The number of fused-ring (bicyclic) bond motifs is 2. The van der Waals surface area contributed by atoms with Gasteiger partial charge in [-0.3, -0.25) is 52.2 Å². The number of nitrogens with two attached hydrogens (primary N) is 4. The first kappa shape index (κ1) is 83.2. The lowest BCUT2D eigenvalue weighted by molar-refractivity contribution is -0.0562. The van der Waals surface area contributed by atoms with E-state index in [9.17, 15) is 53.2 Å². The zero-order chi connectivity index (χ0) is 78.7. The highest BCUT2D eigenvalue weighted by molar-refractivity contribution is 8.08. The lowest BCUT2D eigenvalue weighted by Crippen LogP contribution is -2.33. The summed E-state index contributed by atoms with van der Waals surface area (Å²) in [5.41, 5.74) is 19.4. The van der Waals surface area contributed by atoms with Gasteiger partial charge in [0.25, 0.3) is 16.7 Å². The van der Waals surface area contributed by atoms with Gasteiger partial charge in [0, 0.05) is 55.4 Å². The van der Waals surface area contributed by atoms with Crippen molar-refractivity contribution in [1.82, 2.24) is 67.7 Å². The molecule has 10 unspecified atom stereocenters. The number of H-pyrrole nitrogens is 3. The Balaban J connectivity index is 0.757. The number of aryl methyl sites for hydroxylation is 2. The molecule has 0 radical (unpaired) electrons. The van der Waals surface area contributed by atoms with Crippen LogP contribution in [-0.2, 0) is 128 Å². The van der Waals surface area contributed by atoms with Crippen molar-refractivity contribution in [3.63, 3.8) is 0 Å². The minimum absolute atomic E-state index is 0.0127. The summed E-state index contributed by atoms with van der Waals surface area (Å²) in [6.45, 7) is -14.7. The highest BCUT2D eigenvalue weighted by Crippen LogP contribution is 2.56. The third kappa shape index (κ3) is 19.9. The zero-order valence-corrected chi connectivity index (χ0v) is 66.7. The summed E-state index contributed by atoms with van der Waals surface area (Å²) in [4.78, 5) is 168. The van der Waals surface area contributed by atoms with Gasteiger partial charge in [-0.1, -0.05) is 13.8 Å². The maximum Gasteiger partial charge on any atom is 0.351 e. The number of ether oxygens (including phenoxy) is 5. The predicted molar refractivity (Wildman–Crippen MR) is 401 cm³/mol. The molecule has 5 fully saturated rings. The molecule has 16 N–H and O–H groups in total. The molecule has 44 nitrogen and oxygen atoms in total. The number of hydrogen-bond donors (Lipinski definition) is 12. The molecule has 7 aromatic heterocycles. The quantitative estimate of drug-likeness (QED) is 0.0271. The van der Waals surface area contributed by atoms with E-state index < -0.39 is 186 Å². The van der Waals surface area contributed by atoms with E-state index in [2.05, 4.69) is 44.9 Å². The normalized spacial score (nSPS) is 28.8. The van der Waals surface area contributed by atoms with Gasteiger partial charge in [0.05, 0.1) is 82.3 Å². The van der Waals surface area contributed by atoms with Crippen molar-refractivity contribution in [3.05, 3.63) is 111 Å². The van der Waals surface area contributed by atoms with E-state index in [-0.39, 0.29) is 95.5 Å². The first-order chi connectivity index (χ1) is 51.2. The van der Waals surface area contributed by atoms with Crippen molar-refractivity contribution in [3.8, 4) is 0 Å². The van der Waals surface area contributed by atoms with Crippen LogP contribution in [0, 0.1) is 25.7 Å². The van der Waals surface area contributed by atoms with Crippen LogP contribution in [0.1, 0.15) is 102 Å². The van der Waals surface area contributed by atoms with Crippen LogP contribution in [0.3, 0.4) is 0 Å². The lowest BCUT2D eigenvalue weighted by Gasteiger charge is -2.28. The number of anilines is 4. The number of nitrogens with zero attached hydrogens (tertiary/aromatic N) is 11. The Hall–Kier alpha value is -5.21. The monoisotopic (exact) mass is 1720 g/mol. The molecule has 0 aromatic carbocycles. The molecule has 54 heteroatoms. The molecule has 5 aliphatic rings.